The van der Waals surface area contributed by atoms with Crippen LogP contribution in [0.3, 0.4) is 0 Å². The van der Waals surface area contributed by atoms with Gasteiger partial charge in [-0.25, -0.2) is 4.39 Å². The summed E-state index contributed by atoms with van der Waals surface area (Å²) in [4.78, 5) is 42.0. The van der Waals surface area contributed by atoms with Crippen molar-refractivity contribution >= 4 is 28.6 Å². The Hall–Kier alpha value is -2.83. The van der Waals surface area contributed by atoms with Gasteiger partial charge in [0.05, 0.1) is 17.5 Å². The smallest absolute Gasteiger partial charge is 0.256 e. The molecule has 1 unspecified atom stereocenters. The van der Waals surface area contributed by atoms with Gasteiger partial charge in [-0.1, -0.05) is 0 Å². The van der Waals surface area contributed by atoms with Crippen LogP contribution in [0.4, 0.5) is 4.39 Å². The first-order valence-corrected chi connectivity index (χ1v) is 7.74. The number of amides is 3. The summed E-state index contributed by atoms with van der Waals surface area (Å²) in [7, 11) is 0. The summed E-state index contributed by atoms with van der Waals surface area (Å²) >= 11 is 0. The fourth-order valence-electron chi connectivity index (χ4n) is 3.05. The van der Waals surface area contributed by atoms with Crippen LogP contribution in [0.1, 0.15) is 29.6 Å². The summed E-state index contributed by atoms with van der Waals surface area (Å²) in [6.45, 7) is 0. The van der Waals surface area contributed by atoms with Crippen molar-refractivity contribution in [1.82, 2.24) is 15.2 Å². The molecule has 1 aromatic heterocycles. The highest BCUT2D eigenvalue weighted by Crippen LogP contribution is 2.32. The van der Waals surface area contributed by atoms with Gasteiger partial charge in [-0.3, -0.25) is 24.7 Å². The minimum Gasteiger partial charge on any atom is -0.323 e. The number of hydrogen-bond acceptors (Lipinski definition) is 4. The van der Waals surface area contributed by atoms with Crippen LogP contribution in [0.2, 0.25) is 0 Å². The number of benzene rings is 1. The molecule has 1 aromatic carbocycles. The molecule has 122 valence electrons. The average Bonchev–Trinajstić information content (AvgIpc) is 3.32. The quantitative estimate of drug-likeness (QED) is 0.864. The minimum absolute atomic E-state index is 0.0172. The first kappa shape index (κ1) is 14.7. The largest absolute Gasteiger partial charge is 0.323 e. The number of hydrogen-bond donors (Lipinski definition) is 1. The maximum atomic E-state index is 13.4. The van der Waals surface area contributed by atoms with Gasteiger partial charge >= 0.3 is 0 Å². The molecule has 1 aliphatic heterocycles. The van der Waals surface area contributed by atoms with E-state index in [0.717, 1.165) is 12.8 Å². The van der Waals surface area contributed by atoms with Crippen LogP contribution >= 0.6 is 0 Å². The molecule has 1 saturated carbocycles. The fraction of sp³-hybridized carbons (Fsp3) is 0.294. The standard InChI is InChI=1S/C17H14FN3O3/c18-11-1-4-13-9(6-11)5-10(8-19-13)17(24)21(12-2-3-12)14-7-15(22)20-16(14)23/h1,4-6,8,12,14H,2-3,7H2,(H,20,22,23). The molecule has 1 N–H and O–H groups in total. The monoisotopic (exact) mass is 327 g/mol. The van der Waals surface area contributed by atoms with E-state index in [4.69, 9.17) is 0 Å². The molecule has 0 bridgehead atoms. The first-order valence-electron chi connectivity index (χ1n) is 7.74. The van der Waals surface area contributed by atoms with E-state index in [1.54, 1.807) is 12.1 Å². The zero-order valence-corrected chi connectivity index (χ0v) is 12.7. The lowest BCUT2D eigenvalue weighted by molar-refractivity contribution is -0.126. The lowest BCUT2D eigenvalue weighted by Gasteiger charge is -2.26. The Morgan fingerprint density at radius 1 is 1.25 bits per heavy atom. The first-order chi connectivity index (χ1) is 11.5. The van der Waals surface area contributed by atoms with Crippen molar-refractivity contribution in [2.45, 2.75) is 31.3 Å². The van der Waals surface area contributed by atoms with Gasteiger partial charge in [0.2, 0.25) is 11.8 Å². The number of pyridine rings is 1. The van der Waals surface area contributed by atoms with Gasteiger partial charge in [-0.2, -0.15) is 0 Å². The van der Waals surface area contributed by atoms with Crippen molar-refractivity contribution < 1.29 is 18.8 Å². The Labute approximate surface area is 136 Å². The molecule has 0 spiro atoms. The van der Waals surface area contributed by atoms with E-state index in [1.807, 2.05) is 0 Å². The van der Waals surface area contributed by atoms with E-state index in [1.165, 1.54) is 23.2 Å². The summed E-state index contributed by atoms with van der Waals surface area (Å²) in [6.07, 6.45) is 3.02. The van der Waals surface area contributed by atoms with Crippen LogP contribution < -0.4 is 5.32 Å². The van der Waals surface area contributed by atoms with Crippen molar-refractivity contribution in [2.24, 2.45) is 0 Å². The molecule has 2 fully saturated rings. The topological polar surface area (TPSA) is 79.4 Å². The Bertz CT molecular complexity index is 879. The minimum atomic E-state index is -0.777. The highest BCUT2D eigenvalue weighted by Gasteiger charge is 2.44. The lowest BCUT2D eigenvalue weighted by Crippen LogP contribution is -2.46. The second-order valence-corrected chi connectivity index (χ2v) is 6.14. The number of carbonyl (C=O) groups is 3. The number of imide groups is 1. The molecule has 4 rings (SSSR count). The molecular formula is C17H14FN3O3. The molecule has 7 heteroatoms. The zero-order chi connectivity index (χ0) is 16.8. The lowest BCUT2D eigenvalue weighted by atomic mass is 10.1. The van der Waals surface area contributed by atoms with Crippen LogP contribution in [-0.2, 0) is 9.59 Å². The van der Waals surface area contributed by atoms with Gasteiger partial charge in [-0.05, 0) is 37.1 Å². The summed E-state index contributed by atoms with van der Waals surface area (Å²) in [5.74, 6) is -1.58. The Morgan fingerprint density at radius 2 is 2.04 bits per heavy atom. The summed E-state index contributed by atoms with van der Waals surface area (Å²) in [6, 6.07) is 4.91. The van der Waals surface area contributed by atoms with Gasteiger partial charge in [0.1, 0.15) is 11.9 Å². The van der Waals surface area contributed by atoms with Crippen LogP contribution in [0.15, 0.2) is 30.5 Å². The van der Waals surface area contributed by atoms with Gasteiger partial charge in [0, 0.05) is 17.6 Å². The maximum absolute atomic E-state index is 13.4. The summed E-state index contributed by atoms with van der Waals surface area (Å²) < 4.78 is 13.4. The Kier molecular flexibility index (Phi) is 3.30. The summed E-state index contributed by atoms with van der Waals surface area (Å²) in [5.41, 5.74) is 0.867. The Morgan fingerprint density at radius 3 is 2.71 bits per heavy atom. The van der Waals surface area contributed by atoms with E-state index >= 15 is 0 Å². The number of carbonyl (C=O) groups excluding carboxylic acids is 3. The fourth-order valence-corrected chi connectivity index (χ4v) is 3.05. The molecule has 2 aromatic rings. The predicted molar refractivity (Wildman–Crippen MR) is 82.4 cm³/mol. The normalized spacial score (nSPS) is 20.3. The number of fused-ring (bicyclic) bond motifs is 1. The molecular weight excluding hydrogens is 313 g/mol. The SMILES string of the molecule is O=C1CC(N(C(=O)c2cnc3ccc(F)cc3c2)C2CC2)C(=O)N1. The highest BCUT2D eigenvalue weighted by atomic mass is 19.1. The van der Waals surface area contributed by atoms with Crippen LogP contribution in [-0.4, -0.2) is 39.7 Å². The van der Waals surface area contributed by atoms with E-state index < -0.39 is 17.8 Å². The molecule has 24 heavy (non-hydrogen) atoms. The van der Waals surface area contributed by atoms with E-state index in [-0.39, 0.29) is 29.8 Å². The second kappa shape index (κ2) is 5.36. The third kappa shape index (κ3) is 2.51. The molecule has 0 radical (unpaired) electrons. The molecule has 2 aliphatic rings. The maximum Gasteiger partial charge on any atom is 0.256 e. The van der Waals surface area contributed by atoms with Gasteiger partial charge < -0.3 is 4.90 Å². The molecule has 1 aliphatic carbocycles. The zero-order valence-electron chi connectivity index (χ0n) is 12.7. The van der Waals surface area contributed by atoms with Crippen molar-refractivity contribution in [1.29, 1.82) is 0 Å². The van der Waals surface area contributed by atoms with E-state index in [2.05, 4.69) is 10.3 Å². The van der Waals surface area contributed by atoms with Gasteiger partial charge in [0.25, 0.3) is 5.91 Å². The van der Waals surface area contributed by atoms with Crippen molar-refractivity contribution in [3.63, 3.8) is 0 Å². The number of rotatable bonds is 3. The molecule has 2 heterocycles. The van der Waals surface area contributed by atoms with Gasteiger partial charge in [-0.15, -0.1) is 0 Å². The second-order valence-electron chi connectivity index (χ2n) is 6.14. The molecule has 6 nitrogen and oxygen atoms in total. The van der Waals surface area contributed by atoms with Crippen LogP contribution in [0, 0.1) is 5.82 Å². The molecule has 1 atom stereocenters. The number of nitrogens with one attached hydrogen (secondary N) is 1. The molecule has 1 saturated heterocycles. The van der Waals surface area contributed by atoms with Crippen molar-refractivity contribution in [3.05, 3.63) is 41.8 Å². The van der Waals surface area contributed by atoms with Crippen molar-refractivity contribution in [2.75, 3.05) is 0 Å². The van der Waals surface area contributed by atoms with Crippen LogP contribution in [0.25, 0.3) is 10.9 Å². The number of nitrogens with zero attached hydrogens (tertiary/aromatic N) is 2. The Balaban J connectivity index is 1.70. The van der Waals surface area contributed by atoms with E-state index in [9.17, 15) is 18.8 Å². The van der Waals surface area contributed by atoms with E-state index in [0.29, 0.717) is 10.9 Å². The average molecular weight is 327 g/mol. The number of halogens is 1. The van der Waals surface area contributed by atoms with Gasteiger partial charge in [0.15, 0.2) is 0 Å². The third-order valence-electron chi connectivity index (χ3n) is 4.34. The molecule has 3 amide bonds. The van der Waals surface area contributed by atoms with Crippen LogP contribution in [0.5, 0.6) is 0 Å². The number of aromatic nitrogens is 1. The summed E-state index contributed by atoms with van der Waals surface area (Å²) in [5, 5.41) is 2.75. The third-order valence-corrected chi connectivity index (χ3v) is 4.34. The van der Waals surface area contributed by atoms with Crippen molar-refractivity contribution in [3.8, 4) is 0 Å². The predicted octanol–water partition coefficient (Wildman–Crippen LogP) is 1.39. The highest BCUT2D eigenvalue weighted by molar-refractivity contribution is 6.08.